The van der Waals surface area contributed by atoms with Gasteiger partial charge in [-0.3, -0.25) is 0 Å². The molecule has 0 aliphatic carbocycles. The highest BCUT2D eigenvalue weighted by Gasteiger charge is 2.23. The molecule has 0 saturated heterocycles. The molecule has 0 amide bonds. The van der Waals surface area contributed by atoms with E-state index in [4.69, 9.17) is 11.2 Å². The van der Waals surface area contributed by atoms with Crippen LogP contribution < -0.4 is 0 Å². The fraction of sp³-hybridized carbons (Fsp3) is 0.857. The van der Waals surface area contributed by atoms with Crippen molar-refractivity contribution in [2.24, 2.45) is 5.92 Å². The number of likely N-dealkylation sites (N-methyl/N-ethyl adjacent to an activating group) is 1. The van der Waals surface area contributed by atoms with E-state index >= 15 is 0 Å². The van der Waals surface area contributed by atoms with Gasteiger partial charge in [0.1, 0.15) is 5.60 Å². The Morgan fingerprint density at radius 1 is 1.31 bits per heavy atom. The van der Waals surface area contributed by atoms with Crippen molar-refractivity contribution in [2.75, 3.05) is 26.2 Å². The molecule has 0 rings (SSSR count). The van der Waals surface area contributed by atoms with E-state index in [2.05, 4.69) is 38.5 Å². The lowest BCUT2D eigenvalue weighted by Gasteiger charge is -2.27. The molecule has 0 aliphatic heterocycles. The normalized spacial score (nSPS) is 15.1. The van der Waals surface area contributed by atoms with Crippen LogP contribution in [0.5, 0.6) is 0 Å². The molecule has 0 bridgehead atoms. The molecular formula is C14H27NO. The highest BCUT2D eigenvalue weighted by Crippen LogP contribution is 2.19. The third kappa shape index (κ3) is 6.15. The first-order chi connectivity index (χ1) is 7.47. The third-order valence-electron chi connectivity index (χ3n) is 2.83. The average molecular weight is 225 g/mol. The second-order valence-corrected chi connectivity index (χ2v) is 4.85. The zero-order chi connectivity index (χ0) is 12.6. The molecule has 0 aromatic carbocycles. The zero-order valence-electron chi connectivity index (χ0n) is 11.5. The molecular weight excluding hydrogens is 198 g/mol. The number of hydrogen-bond acceptors (Lipinski definition) is 2. The van der Waals surface area contributed by atoms with Crippen molar-refractivity contribution in [3.8, 4) is 12.3 Å². The molecule has 0 radical (unpaired) electrons. The first kappa shape index (κ1) is 15.5. The monoisotopic (exact) mass is 225 g/mol. The summed E-state index contributed by atoms with van der Waals surface area (Å²) >= 11 is 0. The van der Waals surface area contributed by atoms with Crippen LogP contribution in [0.25, 0.3) is 0 Å². The number of hydrogen-bond donors (Lipinski definition) is 0. The highest BCUT2D eigenvalue weighted by molar-refractivity contribution is 5.06. The Kier molecular flexibility index (Phi) is 7.45. The van der Waals surface area contributed by atoms with Gasteiger partial charge in [0.15, 0.2) is 0 Å². The van der Waals surface area contributed by atoms with Gasteiger partial charge in [0.2, 0.25) is 0 Å². The topological polar surface area (TPSA) is 12.5 Å². The molecule has 0 spiro atoms. The molecule has 1 atom stereocenters. The molecule has 0 saturated carbocycles. The number of rotatable bonds is 8. The van der Waals surface area contributed by atoms with E-state index in [1.807, 2.05) is 6.92 Å². The predicted octanol–water partition coefficient (Wildman–Crippen LogP) is 2.78. The van der Waals surface area contributed by atoms with Gasteiger partial charge >= 0.3 is 0 Å². The first-order valence-corrected chi connectivity index (χ1v) is 6.31. The van der Waals surface area contributed by atoms with Crippen LogP contribution in [-0.4, -0.2) is 36.7 Å². The summed E-state index contributed by atoms with van der Waals surface area (Å²) in [5.74, 6) is 3.34. The van der Waals surface area contributed by atoms with Gasteiger partial charge in [-0.2, -0.15) is 0 Å². The van der Waals surface area contributed by atoms with Crippen LogP contribution in [0.1, 0.15) is 41.0 Å². The van der Waals surface area contributed by atoms with Crippen molar-refractivity contribution in [3.05, 3.63) is 0 Å². The maximum atomic E-state index is 5.85. The quantitative estimate of drug-likeness (QED) is 0.589. The molecule has 1 unspecified atom stereocenters. The van der Waals surface area contributed by atoms with Crippen LogP contribution in [0.3, 0.4) is 0 Å². The van der Waals surface area contributed by atoms with Gasteiger partial charge in [0.25, 0.3) is 0 Å². The average Bonchev–Trinajstić information content (AvgIpc) is 2.23. The largest absolute Gasteiger partial charge is 0.361 e. The van der Waals surface area contributed by atoms with Crippen LogP contribution in [0, 0.1) is 18.3 Å². The SMILES string of the molecule is C#CC(C)(CC(C)C)OCCN(CC)CC. The smallest absolute Gasteiger partial charge is 0.125 e. The predicted molar refractivity (Wildman–Crippen MR) is 70.4 cm³/mol. The van der Waals surface area contributed by atoms with Crippen LogP contribution in [-0.2, 0) is 4.74 Å². The van der Waals surface area contributed by atoms with Gasteiger partial charge in [-0.15, -0.1) is 6.42 Å². The first-order valence-electron chi connectivity index (χ1n) is 6.31. The summed E-state index contributed by atoms with van der Waals surface area (Å²) in [7, 11) is 0. The Labute approximate surface area is 101 Å². The minimum absolute atomic E-state index is 0.401. The minimum Gasteiger partial charge on any atom is -0.361 e. The van der Waals surface area contributed by atoms with E-state index < -0.39 is 5.60 Å². The summed E-state index contributed by atoms with van der Waals surface area (Å²) < 4.78 is 5.85. The van der Waals surface area contributed by atoms with Crippen molar-refractivity contribution in [1.29, 1.82) is 0 Å². The summed E-state index contributed by atoms with van der Waals surface area (Å²) in [6.45, 7) is 14.5. The lowest BCUT2D eigenvalue weighted by molar-refractivity contribution is -0.0102. The number of ether oxygens (including phenoxy) is 1. The summed E-state index contributed by atoms with van der Waals surface area (Å²) in [6, 6.07) is 0. The van der Waals surface area contributed by atoms with Crippen LogP contribution >= 0.6 is 0 Å². The number of nitrogens with zero attached hydrogens (tertiary/aromatic N) is 1. The summed E-state index contributed by atoms with van der Waals surface area (Å²) in [4.78, 5) is 2.34. The Hall–Kier alpha value is -0.520. The summed E-state index contributed by atoms with van der Waals surface area (Å²) in [5.41, 5.74) is -0.401. The molecule has 0 fully saturated rings. The Balaban J connectivity index is 4.01. The van der Waals surface area contributed by atoms with Crippen LogP contribution in [0.15, 0.2) is 0 Å². The summed E-state index contributed by atoms with van der Waals surface area (Å²) in [6.07, 6.45) is 6.47. The highest BCUT2D eigenvalue weighted by atomic mass is 16.5. The lowest BCUT2D eigenvalue weighted by atomic mass is 9.95. The number of terminal acetylenes is 1. The van der Waals surface area contributed by atoms with Crippen LogP contribution in [0.2, 0.25) is 0 Å². The van der Waals surface area contributed by atoms with Gasteiger partial charge in [0.05, 0.1) is 6.61 Å². The van der Waals surface area contributed by atoms with E-state index in [0.29, 0.717) is 5.92 Å². The molecule has 0 aromatic rings. The molecule has 16 heavy (non-hydrogen) atoms. The second kappa shape index (κ2) is 7.70. The fourth-order valence-corrected chi connectivity index (χ4v) is 1.88. The van der Waals surface area contributed by atoms with Crippen molar-refractivity contribution in [2.45, 2.75) is 46.6 Å². The maximum Gasteiger partial charge on any atom is 0.125 e. The molecule has 2 nitrogen and oxygen atoms in total. The van der Waals surface area contributed by atoms with Crippen molar-refractivity contribution >= 4 is 0 Å². The van der Waals surface area contributed by atoms with Crippen molar-refractivity contribution in [1.82, 2.24) is 4.90 Å². The maximum absolute atomic E-state index is 5.85. The third-order valence-corrected chi connectivity index (χ3v) is 2.83. The van der Waals surface area contributed by atoms with E-state index in [-0.39, 0.29) is 0 Å². The Morgan fingerprint density at radius 2 is 1.88 bits per heavy atom. The Morgan fingerprint density at radius 3 is 2.25 bits per heavy atom. The zero-order valence-corrected chi connectivity index (χ0v) is 11.5. The molecule has 0 aliphatic rings. The van der Waals surface area contributed by atoms with E-state index in [1.54, 1.807) is 0 Å². The van der Waals surface area contributed by atoms with Crippen molar-refractivity contribution in [3.63, 3.8) is 0 Å². The molecule has 0 N–H and O–H groups in total. The van der Waals surface area contributed by atoms with E-state index in [9.17, 15) is 0 Å². The lowest BCUT2D eigenvalue weighted by Crippen LogP contribution is -2.34. The minimum atomic E-state index is -0.401. The van der Waals surface area contributed by atoms with Crippen molar-refractivity contribution < 1.29 is 4.74 Å². The van der Waals surface area contributed by atoms with Gasteiger partial charge < -0.3 is 9.64 Å². The van der Waals surface area contributed by atoms with Gasteiger partial charge in [0, 0.05) is 6.54 Å². The van der Waals surface area contributed by atoms with Gasteiger partial charge in [-0.05, 0) is 32.4 Å². The second-order valence-electron chi connectivity index (χ2n) is 4.85. The molecule has 0 aromatic heterocycles. The molecule has 94 valence electrons. The fourth-order valence-electron chi connectivity index (χ4n) is 1.88. The Bertz CT molecular complexity index is 215. The van der Waals surface area contributed by atoms with E-state index in [1.165, 1.54) is 0 Å². The molecule has 2 heteroatoms. The van der Waals surface area contributed by atoms with Gasteiger partial charge in [-0.1, -0.05) is 33.6 Å². The molecule has 0 heterocycles. The van der Waals surface area contributed by atoms with E-state index in [0.717, 1.165) is 32.7 Å². The standard InChI is InChI=1S/C14H27NO/c1-7-14(6,12-13(4)5)16-11-10-15(8-2)9-3/h1,13H,8-12H2,2-6H3. The van der Waals surface area contributed by atoms with Crippen LogP contribution in [0.4, 0.5) is 0 Å². The van der Waals surface area contributed by atoms with Gasteiger partial charge in [-0.25, -0.2) is 0 Å². The summed E-state index contributed by atoms with van der Waals surface area (Å²) in [5, 5.41) is 0.